The third-order valence-corrected chi connectivity index (χ3v) is 8.14. The van der Waals surface area contributed by atoms with Crippen LogP contribution in [0.3, 0.4) is 0 Å². The van der Waals surface area contributed by atoms with Gasteiger partial charge in [0.1, 0.15) is 0 Å². The van der Waals surface area contributed by atoms with Crippen LogP contribution in [0.4, 0.5) is 0 Å². The first-order valence-corrected chi connectivity index (χ1v) is 13.3. The molecule has 2 unspecified atom stereocenters. The molecule has 0 saturated heterocycles. The zero-order valence-corrected chi connectivity index (χ0v) is 22.5. The molecular weight excluding hydrogens is 420 g/mol. The minimum Gasteiger partial charge on any atom is -0.0838 e. The third kappa shape index (κ3) is 4.22. The van der Waals surface area contributed by atoms with Crippen LogP contribution in [0.25, 0.3) is 11.1 Å². The zero-order chi connectivity index (χ0) is 25.0. The van der Waals surface area contributed by atoms with Crippen molar-refractivity contribution >= 4 is 0 Å². The molecule has 2 aromatic rings. The van der Waals surface area contributed by atoms with E-state index in [0.29, 0.717) is 17.8 Å². The molecule has 0 nitrogen and oxygen atoms in total. The molecule has 0 heterocycles. The minimum absolute atomic E-state index is 0.0737. The van der Waals surface area contributed by atoms with Gasteiger partial charge in [-0.1, -0.05) is 127 Å². The van der Waals surface area contributed by atoms with Gasteiger partial charge in [0.15, 0.2) is 0 Å². The van der Waals surface area contributed by atoms with E-state index in [1.165, 1.54) is 33.4 Å². The average Bonchev–Trinajstić information content (AvgIpc) is 3.46. The van der Waals surface area contributed by atoms with Crippen molar-refractivity contribution in [2.45, 2.75) is 71.6 Å². The number of rotatable bonds is 3. The molecule has 2 atom stereocenters. The van der Waals surface area contributed by atoms with Gasteiger partial charge in [0.2, 0.25) is 0 Å². The normalized spacial score (nSPS) is 21.1. The Labute approximate surface area is 212 Å². The SMILES string of the molecule is CC=C1C=CC=CC1C(c1c(C(C)(C)C)ccc2c1Cc1cc(C(C)(C)C)ccc1-2)C1C=CC=C1. The quantitative estimate of drug-likeness (QED) is 0.365. The summed E-state index contributed by atoms with van der Waals surface area (Å²) >= 11 is 0. The topological polar surface area (TPSA) is 0 Å². The van der Waals surface area contributed by atoms with Crippen LogP contribution in [0.1, 0.15) is 82.2 Å². The van der Waals surface area contributed by atoms with Crippen molar-refractivity contribution in [3.8, 4) is 11.1 Å². The number of hydrogen-bond donors (Lipinski definition) is 0. The molecule has 35 heavy (non-hydrogen) atoms. The van der Waals surface area contributed by atoms with E-state index in [0.717, 1.165) is 6.42 Å². The van der Waals surface area contributed by atoms with Gasteiger partial charge in [-0.3, -0.25) is 0 Å². The van der Waals surface area contributed by atoms with Crippen LogP contribution in [0, 0.1) is 11.8 Å². The van der Waals surface area contributed by atoms with Crippen molar-refractivity contribution in [3.63, 3.8) is 0 Å². The molecule has 2 aromatic carbocycles. The van der Waals surface area contributed by atoms with Gasteiger partial charge in [0.05, 0.1) is 0 Å². The van der Waals surface area contributed by atoms with Crippen molar-refractivity contribution in [2.75, 3.05) is 0 Å². The molecule has 3 aliphatic carbocycles. The number of allylic oxidation sites excluding steroid dienone is 10. The van der Waals surface area contributed by atoms with E-state index in [1.807, 2.05) is 0 Å². The van der Waals surface area contributed by atoms with Crippen LogP contribution < -0.4 is 0 Å². The second-order valence-electron chi connectivity index (χ2n) is 12.5. The summed E-state index contributed by atoms with van der Waals surface area (Å²) in [5, 5.41) is 0. The fourth-order valence-electron chi connectivity index (χ4n) is 6.29. The molecule has 0 aromatic heterocycles. The first-order chi connectivity index (χ1) is 16.6. The second kappa shape index (κ2) is 8.66. The van der Waals surface area contributed by atoms with E-state index < -0.39 is 0 Å². The standard InChI is InChI=1S/C35H40/c1-8-23-13-11-12-16-28(23)32(24-14-9-10-15-24)33-30-22-25-21-26(34(2,3)4)17-18-27(25)29(30)19-20-31(33)35(5,6)7/h8-21,24,28,32H,22H2,1-7H3. The Morgan fingerprint density at radius 2 is 1.49 bits per heavy atom. The lowest BCUT2D eigenvalue weighted by atomic mass is 9.67. The third-order valence-electron chi connectivity index (χ3n) is 8.14. The number of benzene rings is 2. The smallest absolute Gasteiger partial charge is 0.00954 e. The van der Waals surface area contributed by atoms with Gasteiger partial charge < -0.3 is 0 Å². The average molecular weight is 461 g/mol. The van der Waals surface area contributed by atoms with Crippen LogP contribution in [0.5, 0.6) is 0 Å². The van der Waals surface area contributed by atoms with Gasteiger partial charge in [-0.25, -0.2) is 0 Å². The lowest BCUT2D eigenvalue weighted by Gasteiger charge is -2.37. The highest BCUT2D eigenvalue weighted by Gasteiger charge is 2.37. The summed E-state index contributed by atoms with van der Waals surface area (Å²) in [5.74, 6) is 1.13. The monoisotopic (exact) mass is 460 g/mol. The summed E-state index contributed by atoms with van der Waals surface area (Å²) in [4.78, 5) is 0. The summed E-state index contributed by atoms with van der Waals surface area (Å²) < 4.78 is 0. The Hall–Kier alpha value is -2.86. The first-order valence-electron chi connectivity index (χ1n) is 13.3. The maximum Gasteiger partial charge on any atom is 0.00954 e. The van der Waals surface area contributed by atoms with Crippen molar-refractivity contribution in [1.82, 2.24) is 0 Å². The molecule has 0 aliphatic heterocycles. The largest absolute Gasteiger partial charge is 0.0838 e. The van der Waals surface area contributed by atoms with Crippen LogP contribution in [0.2, 0.25) is 0 Å². The highest BCUT2D eigenvalue weighted by atomic mass is 14.4. The van der Waals surface area contributed by atoms with E-state index in [1.54, 1.807) is 11.1 Å². The van der Waals surface area contributed by atoms with Crippen molar-refractivity contribution < 1.29 is 0 Å². The van der Waals surface area contributed by atoms with Crippen molar-refractivity contribution in [3.05, 3.63) is 118 Å². The summed E-state index contributed by atoms with van der Waals surface area (Å²) in [6.45, 7) is 16.3. The van der Waals surface area contributed by atoms with Gasteiger partial charge in [-0.05, 0) is 68.7 Å². The lowest BCUT2D eigenvalue weighted by molar-refractivity contribution is 0.483. The summed E-state index contributed by atoms with van der Waals surface area (Å²) in [6.07, 6.45) is 21.8. The number of hydrogen-bond acceptors (Lipinski definition) is 0. The molecule has 0 saturated carbocycles. The summed E-state index contributed by atoms with van der Waals surface area (Å²) in [7, 11) is 0. The van der Waals surface area contributed by atoms with E-state index in [-0.39, 0.29) is 10.8 Å². The molecule has 0 bridgehead atoms. The fraction of sp³-hybridized carbons (Fsp3) is 0.371. The Kier molecular flexibility index (Phi) is 5.91. The van der Waals surface area contributed by atoms with Crippen LogP contribution >= 0.6 is 0 Å². The zero-order valence-electron chi connectivity index (χ0n) is 22.5. The molecule has 0 heteroatoms. The molecule has 0 amide bonds. The molecular formula is C35H40. The van der Waals surface area contributed by atoms with Crippen LogP contribution in [-0.2, 0) is 17.3 Å². The summed E-state index contributed by atoms with van der Waals surface area (Å²) in [5.41, 5.74) is 12.1. The molecule has 0 spiro atoms. The number of fused-ring (bicyclic) bond motifs is 3. The van der Waals surface area contributed by atoms with Crippen molar-refractivity contribution in [1.29, 1.82) is 0 Å². The van der Waals surface area contributed by atoms with Gasteiger partial charge in [0.25, 0.3) is 0 Å². The molecule has 5 rings (SSSR count). The fourth-order valence-corrected chi connectivity index (χ4v) is 6.29. The van der Waals surface area contributed by atoms with E-state index in [2.05, 4.69) is 133 Å². The summed E-state index contributed by atoms with van der Waals surface area (Å²) in [6, 6.07) is 12.0. The molecule has 3 aliphatic rings. The van der Waals surface area contributed by atoms with E-state index in [4.69, 9.17) is 0 Å². The van der Waals surface area contributed by atoms with Gasteiger partial charge in [-0.15, -0.1) is 0 Å². The first kappa shape index (κ1) is 23.9. The molecule has 0 radical (unpaired) electrons. The Balaban J connectivity index is 1.75. The van der Waals surface area contributed by atoms with Gasteiger partial charge in [0, 0.05) is 17.8 Å². The molecule has 180 valence electrons. The molecule has 0 fully saturated rings. The van der Waals surface area contributed by atoms with E-state index in [9.17, 15) is 0 Å². The Morgan fingerprint density at radius 3 is 2.14 bits per heavy atom. The highest BCUT2D eigenvalue weighted by Crippen LogP contribution is 2.51. The maximum atomic E-state index is 2.47. The van der Waals surface area contributed by atoms with Crippen LogP contribution in [0.15, 0.2) is 90.6 Å². The predicted octanol–water partition coefficient (Wildman–Crippen LogP) is 9.37. The lowest BCUT2D eigenvalue weighted by Crippen LogP contribution is -2.26. The van der Waals surface area contributed by atoms with E-state index >= 15 is 0 Å². The maximum absolute atomic E-state index is 2.47. The van der Waals surface area contributed by atoms with Gasteiger partial charge in [-0.2, -0.15) is 0 Å². The highest BCUT2D eigenvalue weighted by molar-refractivity contribution is 5.80. The minimum atomic E-state index is 0.0737. The second-order valence-corrected chi connectivity index (χ2v) is 12.5. The van der Waals surface area contributed by atoms with Gasteiger partial charge >= 0.3 is 0 Å². The predicted molar refractivity (Wildman–Crippen MR) is 152 cm³/mol. The Morgan fingerprint density at radius 1 is 0.800 bits per heavy atom. The van der Waals surface area contributed by atoms with Crippen molar-refractivity contribution in [2.24, 2.45) is 11.8 Å². The molecule has 0 N–H and O–H groups in total. The van der Waals surface area contributed by atoms with Crippen LogP contribution in [-0.4, -0.2) is 0 Å². The Bertz CT molecular complexity index is 1280.